The number of halogens is 1. The van der Waals surface area contributed by atoms with Gasteiger partial charge in [-0.05, 0) is 49.1 Å². The lowest BCUT2D eigenvalue weighted by molar-refractivity contribution is -0.121. The fourth-order valence-corrected chi connectivity index (χ4v) is 3.67. The van der Waals surface area contributed by atoms with E-state index in [-0.39, 0.29) is 29.9 Å². The second-order valence-corrected chi connectivity index (χ2v) is 7.30. The molecule has 0 atom stereocenters. The van der Waals surface area contributed by atoms with E-state index in [1.54, 1.807) is 36.4 Å². The molecule has 0 bridgehead atoms. The van der Waals surface area contributed by atoms with Crippen molar-refractivity contribution in [1.29, 1.82) is 0 Å². The van der Waals surface area contributed by atoms with Gasteiger partial charge in [-0.15, -0.1) is 0 Å². The summed E-state index contributed by atoms with van der Waals surface area (Å²) >= 11 is 0. The quantitative estimate of drug-likeness (QED) is 0.813. The summed E-state index contributed by atoms with van der Waals surface area (Å²) in [5, 5.41) is 0. The minimum atomic E-state index is -0.356. The van der Waals surface area contributed by atoms with E-state index in [0.717, 1.165) is 18.4 Å². The Balaban J connectivity index is 1.32. The lowest BCUT2D eigenvalue weighted by Crippen LogP contribution is -2.39. The van der Waals surface area contributed by atoms with Gasteiger partial charge in [0.15, 0.2) is 17.3 Å². The van der Waals surface area contributed by atoms with Crippen LogP contribution in [0.1, 0.15) is 28.8 Å². The first-order valence-electron chi connectivity index (χ1n) is 9.54. The first-order chi connectivity index (χ1) is 13.6. The minimum Gasteiger partial charge on any atom is -0.490 e. The molecule has 2 heterocycles. The fourth-order valence-electron chi connectivity index (χ4n) is 3.67. The third-order valence-electron chi connectivity index (χ3n) is 5.30. The predicted octanol–water partition coefficient (Wildman–Crippen LogP) is 3.26. The summed E-state index contributed by atoms with van der Waals surface area (Å²) in [6.45, 7) is 1.82. The van der Waals surface area contributed by atoms with Crippen LogP contribution in [0.5, 0.6) is 11.5 Å². The molecule has 2 aromatic rings. The van der Waals surface area contributed by atoms with Crippen molar-refractivity contribution in [2.75, 3.05) is 26.3 Å². The van der Waals surface area contributed by atoms with Crippen LogP contribution < -0.4 is 9.47 Å². The van der Waals surface area contributed by atoms with Crippen LogP contribution in [0, 0.1) is 11.7 Å². The summed E-state index contributed by atoms with van der Waals surface area (Å²) in [5.74, 6) is 0.872. The number of amides is 1. The highest BCUT2D eigenvalue weighted by molar-refractivity contribution is 5.95. The third kappa shape index (κ3) is 4.01. The molecule has 0 radical (unpaired) electrons. The van der Waals surface area contributed by atoms with Crippen molar-refractivity contribution >= 4 is 11.7 Å². The van der Waals surface area contributed by atoms with E-state index >= 15 is 0 Å². The van der Waals surface area contributed by atoms with Gasteiger partial charge in [-0.2, -0.15) is 0 Å². The zero-order chi connectivity index (χ0) is 19.5. The predicted molar refractivity (Wildman–Crippen MR) is 101 cm³/mol. The molecule has 6 heteroatoms. The average molecular weight is 383 g/mol. The maximum atomic E-state index is 13.6. The van der Waals surface area contributed by atoms with Crippen LogP contribution in [-0.4, -0.2) is 42.9 Å². The SMILES string of the molecule is O=C1COc2ccc(C(=O)N3CCC(COc4ccccc4F)CC3)cc2C1. The summed E-state index contributed by atoms with van der Waals surface area (Å²) < 4.78 is 24.6. The molecule has 1 fully saturated rings. The number of ether oxygens (including phenoxy) is 2. The number of piperidine rings is 1. The topological polar surface area (TPSA) is 55.8 Å². The smallest absolute Gasteiger partial charge is 0.253 e. The Hall–Kier alpha value is -2.89. The second kappa shape index (κ2) is 8.00. The third-order valence-corrected chi connectivity index (χ3v) is 5.30. The summed E-state index contributed by atoms with van der Waals surface area (Å²) in [6.07, 6.45) is 1.94. The zero-order valence-corrected chi connectivity index (χ0v) is 15.5. The van der Waals surface area contributed by atoms with Gasteiger partial charge < -0.3 is 14.4 Å². The standard InChI is InChI=1S/C22H22FNO4/c23-19-3-1-2-4-21(19)27-13-15-7-9-24(10-8-15)22(26)16-5-6-20-17(11-16)12-18(25)14-28-20/h1-6,11,15H,7-10,12-14H2. The number of rotatable bonds is 4. The van der Waals surface area contributed by atoms with Gasteiger partial charge in [-0.3, -0.25) is 9.59 Å². The highest BCUT2D eigenvalue weighted by Gasteiger charge is 2.26. The fraction of sp³-hybridized carbons (Fsp3) is 0.364. The Morgan fingerprint density at radius 3 is 2.75 bits per heavy atom. The van der Waals surface area contributed by atoms with Gasteiger partial charge in [-0.1, -0.05) is 12.1 Å². The molecule has 2 aliphatic rings. The maximum Gasteiger partial charge on any atom is 0.253 e. The largest absolute Gasteiger partial charge is 0.490 e. The Morgan fingerprint density at radius 1 is 1.18 bits per heavy atom. The first kappa shape index (κ1) is 18.5. The van der Waals surface area contributed by atoms with Crippen LogP contribution in [0.4, 0.5) is 4.39 Å². The molecule has 1 amide bonds. The lowest BCUT2D eigenvalue weighted by Gasteiger charge is -2.32. The van der Waals surface area contributed by atoms with Crippen molar-refractivity contribution in [2.45, 2.75) is 19.3 Å². The molecule has 1 saturated heterocycles. The number of nitrogens with zero attached hydrogens (tertiary/aromatic N) is 1. The van der Waals surface area contributed by atoms with E-state index in [1.165, 1.54) is 6.07 Å². The number of benzene rings is 2. The summed E-state index contributed by atoms with van der Waals surface area (Å²) in [7, 11) is 0. The van der Waals surface area contributed by atoms with Crippen molar-refractivity contribution in [1.82, 2.24) is 4.90 Å². The molecule has 28 heavy (non-hydrogen) atoms. The Morgan fingerprint density at radius 2 is 1.96 bits per heavy atom. The number of hydrogen-bond acceptors (Lipinski definition) is 4. The van der Waals surface area contributed by atoms with Gasteiger partial charge in [0.05, 0.1) is 6.61 Å². The van der Waals surface area contributed by atoms with Gasteiger partial charge in [0.1, 0.15) is 12.4 Å². The molecular formula is C22H22FNO4. The van der Waals surface area contributed by atoms with Crippen LogP contribution in [0.25, 0.3) is 0 Å². The number of carbonyl (C=O) groups excluding carboxylic acids is 2. The summed E-state index contributed by atoms with van der Waals surface area (Å²) in [4.78, 5) is 26.2. The zero-order valence-electron chi connectivity index (χ0n) is 15.5. The molecular weight excluding hydrogens is 361 g/mol. The molecule has 5 nitrogen and oxygen atoms in total. The van der Waals surface area contributed by atoms with E-state index in [1.807, 2.05) is 4.90 Å². The number of fused-ring (bicyclic) bond motifs is 1. The van der Waals surface area contributed by atoms with Crippen molar-refractivity contribution < 1.29 is 23.5 Å². The molecule has 146 valence electrons. The lowest BCUT2D eigenvalue weighted by atomic mass is 9.96. The summed E-state index contributed by atoms with van der Waals surface area (Å²) in [6, 6.07) is 11.7. The van der Waals surface area contributed by atoms with E-state index in [0.29, 0.717) is 43.3 Å². The Kier molecular flexibility index (Phi) is 5.28. The number of ketones is 1. The van der Waals surface area contributed by atoms with Gasteiger partial charge in [-0.25, -0.2) is 4.39 Å². The number of hydrogen-bond donors (Lipinski definition) is 0. The van der Waals surface area contributed by atoms with Crippen LogP contribution in [-0.2, 0) is 11.2 Å². The molecule has 0 aliphatic carbocycles. The molecule has 0 aromatic heterocycles. The highest BCUT2D eigenvalue weighted by atomic mass is 19.1. The van der Waals surface area contributed by atoms with Gasteiger partial charge in [0, 0.05) is 30.6 Å². The number of carbonyl (C=O) groups is 2. The van der Waals surface area contributed by atoms with E-state index in [2.05, 4.69) is 0 Å². The van der Waals surface area contributed by atoms with Gasteiger partial charge in [0.2, 0.25) is 0 Å². The minimum absolute atomic E-state index is 0.0211. The van der Waals surface area contributed by atoms with Gasteiger partial charge in [0.25, 0.3) is 5.91 Å². The van der Waals surface area contributed by atoms with Crippen molar-refractivity contribution in [3.8, 4) is 11.5 Å². The van der Waals surface area contributed by atoms with Crippen molar-refractivity contribution in [3.63, 3.8) is 0 Å². The molecule has 0 spiro atoms. The van der Waals surface area contributed by atoms with E-state index in [4.69, 9.17) is 9.47 Å². The molecule has 2 aromatic carbocycles. The molecule has 0 saturated carbocycles. The molecule has 0 N–H and O–H groups in total. The monoisotopic (exact) mass is 383 g/mol. The highest BCUT2D eigenvalue weighted by Crippen LogP contribution is 2.26. The normalized spacial score (nSPS) is 17.0. The maximum absolute atomic E-state index is 13.6. The molecule has 4 rings (SSSR count). The first-order valence-corrected chi connectivity index (χ1v) is 9.54. The van der Waals surface area contributed by atoms with Crippen LogP contribution >= 0.6 is 0 Å². The second-order valence-electron chi connectivity index (χ2n) is 7.30. The Bertz CT molecular complexity index is 890. The van der Waals surface area contributed by atoms with Crippen molar-refractivity contribution in [2.24, 2.45) is 5.92 Å². The van der Waals surface area contributed by atoms with Gasteiger partial charge >= 0.3 is 0 Å². The van der Waals surface area contributed by atoms with Crippen LogP contribution in [0.3, 0.4) is 0 Å². The Labute approximate surface area is 163 Å². The number of Topliss-reactive ketones (excluding diaryl/α,β-unsaturated/α-hetero) is 1. The van der Waals surface area contributed by atoms with E-state index in [9.17, 15) is 14.0 Å². The van der Waals surface area contributed by atoms with Crippen LogP contribution in [0.15, 0.2) is 42.5 Å². The van der Waals surface area contributed by atoms with Crippen molar-refractivity contribution in [3.05, 3.63) is 59.4 Å². The average Bonchev–Trinajstić information content (AvgIpc) is 2.72. The summed E-state index contributed by atoms with van der Waals surface area (Å²) in [5.41, 5.74) is 1.35. The number of likely N-dealkylation sites (tertiary alicyclic amines) is 1. The molecule has 2 aliphatic heterocycles. The number of para-hydroxylation sites is 1. The van der Waals surface area contributed by atoms with Crippen LogP contribution in [0.2, 0.25) is 0 Å². The van der Waals surface area contributed by atoms with E-state index < -0.39 is 0 Å². The molecule has 0 unspecified atom stereocenters.